The molecule has 1 aliphatic heterocycles. The van der Waals surface area contributed by atoms with Crippen LogP contribution in [0.5, 0.6) is 5.75 Å². The van der Waals surface area contributed by atoms with E-state index in [1.165, 1.54) is 13.1 Å². The number of aromatic nitrogens is 7. The lowest BCUT2D eigenvalue weighted by molar-refractivity contribution is -0.137. The average molecular weight is 443 g/mol. The van der Waals surface area contributed by atoms with Crippen molar-refractivity contribution in [3.63, 3.8) is 0 Å². The van der Waals surface area contributed by atoms with Crippen molar-refractivity contribution in [1.29, 1.82) is 0 Å². The Balaban J connectivity index is 1.49. The maximum atomic E-state index is 13.0. The minimum atomic E-state index is -4.54. The molecule has 11 heteroatoms. The summed E-state index contributed by atoms with van der Waals surface area (Å²) in [4.78, 5) is 8.86. The number of hydrogen-bond donors (Lipinski definition) is 1. The summed E-state index contributed by atoms with van der Waals surface area (Å²) in [5.74, 6) is 1.42. The van der Waals surface area contributed by atoms with Crippen molar-refractivity contribution in [2.45, 2.75) is 51.9 Å². The molecule has 3 aromatic heterocycles. The fourth-order valence-electron chi connectivity index (χ4n) is 4.23. The average Bonchev–Trinajstić information content (AvgIpc) is 3.35. The lowest BCUT2D eigenvalue weighted by Gasteiger charge is -2.24. The molecule has 32 heavy (non-hydrogen) atoms. The van der Waals surface area contributed by atoms with Crippen molar-refractivity contribution in [3.05, 3.63) is 47.3 Å². The highest BCUT2D eigenvalue weighted by Gasteiger charge is 2.32. The van der Waals surface area contributed by atoms with Crippen LogP contribution in [0.4, 0.5) is 13.2 Å². The highest BCUT2D eigenvalue weighted by atomic mass is 19.4. The number of aromatic hydroxyl groups is 1. The van der Waals surface area contributed by atoms with Gasteiger partial charge in [0.15, 0.2) is 5.65 Å². The summed E-state index contributed by atoms with van der Waals surface area (Å²) in [7, 11) is 0. The molecule has 0 amide bonds. The molecular weight excluding hydrogens is 423 g/mol. The fourth-order valence-corrected chi connectivity index (χ4v) is 4.23. The Bertz CT molecular complexity index is 1290. The minimum Gasteiger partial charge on any atom is -0.507 e. The van der Waals surface area contributed by atoms with Crippen molar-refractivity contribution in [1.82, 2.24) is 34.5 Å². The molecule has 1 aliphatic rings. The Kier molecular flexibility index (Phi) is 4.64. The summed E-state index contributed by atoms with van der Waals surface area (Å²) in [5, 5.41) is 23.3. The second kappa shape index (κ2) is 7.28. The molecule has 5 rings (SSSR count). The van der Waals surface area contributed by atoms with Gasteiger partial charge in [0, 0.05) is 24.9 Å². The summed E-state index contributed by atoms with van der Waals surface area (Å²) in [6.45, 7) is 4.24. The van der Waals surface area contributed by atoms with Crippen molar-refractivity contribution in [2.75, 3.05) is 0 Å². The van der Waals surface area contributed by atoms with Crippen molar-refractivity contribution in [2.24, 2.45) is 0 Å². The number of benzene rings is 1. The number of phenolic OH excluding ortho intramolecular Hbond substituents is 1. The van der Waals surface area contributed by atoms with Gasteiger partial charge in [-0.25, -0.2) is 9.97 Å². The zero-order valence-corrected chi connectivity index (χ0v) is 17.4. The number of rotatable bonds is 3. The van der Waals surface area contributed by atoms with Gasteiger partial charge in [-0.2, -0.15) is 18.3 Å². The van der Waals surface area contributed by atoms with Crippen LogP contribution in [0, 0.1) is 6.92 Å². The van der Waals surface area contributed by atoms with Crippen molar-refractivity contribution >= 4 is 11.2 Å². The molecule has 0 unspecified atom stereocenters. The van der Waals surface area contributed by atoms with Crippen LogP contribution in [0.25, 0.3) is 22.4 Å². The highest BCUT2D eigenvalue weighted by molar-refractivity contribution is 5.77. The highest BCUT2D eigenvalue weighted by Crippen LogP contribution is 2.38. The van der Waals surface area contributed by atoms with Gasteiger partial charge in [0.2, 0.25) is 0 Å². The Morgan fingerprint density at radius 3 is 2.75 bits per heavy atom. The zero-order valence-electron chi connectivity index (χ0n) is 17.4. The van der Waals surface area contributed by atoms with E-state index < -0.39 is 17.5 Å². The summed E-state index contributed by atoms with van der Waals surface area (Å²) < 4.78 is 43.0. The molecule has 0 fully saturated rings. The molecular formula is C21H20F3N7O. The molecule has 0 radical (unpaired) electrons. The summed E-state index contributed by atoms with van der Waals surface area (Å²) in [6, 6.07) is 1.78. The van der Waals surface area contributed by atoms with Crippen molar-refractivity contribution < 1.29 is 18.3 Å². The van der Waals surface area contributed by atoms with Crippen LogP contribution >= 0.6 is 0 Å². The maximum Gasteiger partial charge on any atom is 0.416 e. The van der Waals surface area contributed by atoms with Crippen LogP contribution < -0.4 is 0 Å². The molecule has 1 aromatic carbocycles. The first-order valence-corrected chi connectivity index (χ1v) is 10.3. The first-order valence-electron chi connectivity index (χ1n) is 10.3. The van der Waals surface area contributed by atoms with Crippen LogP contribution in [-0.4, -0.2) is 39.6 Å². The van der Waals surface area contributed by atoms with E-state index in [0.29, 0.717) is 23.8 Å². The van der Waals surface area contributed by atoms with E-state index in [1.807, 2.05) is 17.8 Å². The molecule has 0 saturated heterocycles. The van der Waals surface area contributed by atoms with Crippen LogP contribution in [-0.2, 0) is 25.6 Å². The number of nitrogens with zero attached hydrogens (tertiary/aromatic N) is 7. The Morgan fingerprint density at radius 2 is 2.03 bits per heavy atom. The third kappa shape index (κ3) is 3.37. The molecule has 0 aliphatic carbocycles. The van der Waals surface area contributed by atoms with E-state index in [0.717, 1.165) is 37.0 Å². The topological polar surface area (TPSA) is 94.5 Å². The second-order valence-electron chi connectivity index (χ2n) is 7.95. The predicted octanol–water partition coefficient (Wildman–Crippen LogP) is 3.87. The summed E-state index contributed by atoms with van der Waals surface area (Å²) in [6.07, 6.45) is 1.15. The van der Waals surface area contributed by atoms with Gasteiger partial charge in [-0.05, 0) is 31.0 Å². The fraction of sp³-hybridized carbons (Fsp3) is 0.381. The molecule has 0 bridgehead atoms. The van der Waals surface area contributed by atoms with Gasteiger partial charge < -0.3 is 9.67 Å². The monoisotopic (exact) mass is 443 g/mol. The van der Waals surface area contributed by atoms with Crippen LogP contribution in [0.3, 0.4) is 0 Å². The summed E-state index contributed by atoms with van der Waals surface area (Å²) >= 11 is 0. The second-order valence-corrected chi connectivity index (χ2v) is 7.95. The van der Waals surface area contributed by atoms with Gasteiger partial charge >= 0.3 is 6.18 Å². The quantitative estimate of drug-likeness (QED) is 0.517. The van der Waals surface area contributed by atoms with Gasteiger partial charge in [0.1, 0.15) is 22.9 Å². The number of aryl methyl sites for hydroxylation is 3. The number of phenols is 1. The third-order valence-corrected chi connectivity index (χ3v) is 5.83. The van der Waals surface area contributed by atoms with Gasteiger partial charge in [0.05, 0.1) is 29.7 Å². The van der Waals surface area contributed by atoms with E-state index in [-0.39, 0.29) is 22.9 Å². The van der Waals surface area contributed by atoms with Gasteiger partial charge in [-0.1, -0.05) is 6.92 Å². The lowest BCUT2D eigenvalue weighted by atomic mass is 10.0. The number of halogens is 3. The SMILES string of the molecule is CCc1nnc2n1C[C@H](n1cc3ncc(-c4c(C)cc(C(F)(F)F)cc4O)nc3n1)CC2. The smallest absolute Gasteiger partial charge is 0.416 e. The molecule has 0 spiro atoms. The maximum absolute atomic E-state index is 13.0. The predicted molar refractivity (Wildman–Crippen MR) is 109 cm³/mol. The molecule has 1 atom stereocenters. The Morgan fingerprint density at radius 1 is 1.22 bits per heavy atom. The van der Waals surface area contributed by atoms with E-state index in [4.69, 9.17) is 0 Å². The molecule has 8 nitrogen and oxygen atoms in total. The number of hydrogen-bond acceptors (Lipinski definition) is 6. The molecule has 1 N–H and O–H groups in total. The lowest BCUT2D eigenvalue weighted by Crippen LogP contribution is -2.25. The van der Waals surface area contributed by atoms with E-state index >= 15 is 0 Å². The Hall–Kier alpha value is -3.50. The Labute approximate surface area is 180 Å². The largest absolute Gasteiger partial charge is 0.507 e. The van der Waals surface area contributed by atoms with E-state index in [9.17, 15) is 18.3 Å². The van der Waals surface area contributed by atoms with Gasteiger partial charge in [-0.15, -0.1) is 10.2 Å². The number of alkyl halides is 3. The first kappa shape index (κ1) is 20.4. The van der Waals surface area contributed by atoms with E-state index in [1.54, 1.807) is 0 Å². The normalized spacial score (nSPS) is 16.5. The van der Waals surface area contributed by atoms with Crippen LogP contribution in [0.1, 0.15) is 42.2 Å². The first-order chi connectivity index (χ1) is 15.2. The molecule has 166 valence electrons. The van der Waals surface area contributed by atoms with Crippen molar-refractivity contribution in [3.8, 4) is 17.0 Å². The summed E-state index contributed by atoms with van der Waals surface area (Å²) in [5.41, 5.74) is 0.761. The molecule has 0 saturated carbocycles. The van der Waals surface area contributed by atoms with Crippen LogP contribution in [0.2, 0.25) is 0 Å². The standard InChI is InChI=1S/C21H20F3N7O/c1-3-17-27-28-18-5-4-13(9-30(17)18)31-10-15-20(29-31)26-14(8-25-15)19-11(2)6-12(7-16(19)32)21(22,23)24/h6-8,10,13,32H,3-5,9H2,1-2H3/t13-/m1/s1. The van der Waals surface area contributed by atoms with Gasteiger partial charge in [-0.3, -0.25) is 4.68 Å². The van der Waals surface area contributed by atoms with Gasteiger partial charge in [0.25, 0.3) is 0 Å². The molecule has 4 heterocycles. The third-order valence-electron chi connectivity index (χ3n) is 5.83. The van der Waals surface area contributed by atoms with E-state index in [2.05, 4.69) is 29.8 Å². The molecule has 4 aromatic rings. The zero-order chi connectivity index (χ0) is 22.6. The van der Waals surface area contributed by atoms with Crippen LogP contribution in [0.15, 0.2) is 24.5 Å². The number of fused-ring (bicyclic) bond motifs is 2. The minimum absolute atomic E-state index is 0.0875.